The van der Waals surface area contributed by atoms with E-state index in [4.69, 9.17) is 0 Å². The Labute approximate surface area is 192 Å². The van der Waals surface area contributed by atoms with Crippen LogP contribution in [0.5, 0.6) is 0 Å². The molecule has 0 radical (unpaired) electrons. The summed E-state index contributed by atoms with van der Waals surface area (Å²) in [5.41, 5.74) is 1.12. The van der Waals surface area contributed by atoms with E-state index in [1.165, 1.54) is 0 Å². The van der Waals surface area contributed by atoms with Gasteiger partial charge in [-0.3, -0.25) is 29.0 Å². The van der Waals surface area contributed by atoms with Gasteiger partial charge in [0, 0.05) is 31.0 Å². The van der Waals surface area contributed by atoms with Crippen LogP contribution in [0.15, 0.2) is 42.2 Å². The van der Waals surface area contributed by atoms with Crippen molar-refractivity contribution >= 4 is 87.3 Å². The van der Waals surface area contributed by atoms with Crippen LogP contribution in [0, 0.1) is 0 Å². The van der Waals surface area contributed by atoms with E-state index >= 15 is 0 Å². The van der Waals surface area contributed by atoms with Crippen molar-refractivity contribution in [2.24, 2.45) is 0 Å². The van der Waals surface area contributed by atoms with Crippen molar-refractivity contribution in [3.8, 4) is 0 Å². The Balaban J connectivity index is 1.58. The molecule has 2 aliphatic heterocycles. The van der Waals surface area contributed by atoms with Crippen molar-refractivity contribution in [2.45, 2.75) is 0 Å². The highest BCUT2D eigenvalue weighted by Gasteiger charge is 2.41. The van der Waals surface area contributed by atoms with Crippen LogP contribution in [0.4, 0.5) is 0 Å². The number of carbonyl (C=O) groups is 4. The van der Waals surface area contributed by atoms with E-state index in [9.17, 15) is 19.2 Å². The molecule has 0 N–H and O–H groups in total. The third-order valence-corrected chi connectivity index (χ3v) is 8.64. The highest BCUT2D eigenvalue weighted by molar-refractivity contribution is 9.13. The van der Waals surface area contributed by atoms with E-state index in [1.54, 1.807) is 24.3 Å². The maximum absolute atomic E-state index is 12.7. The molecule has 2 aromatic rings. The van der Waals surface area contributed by atoms with Crippen molar-refractivity contribution < 1.29 is 19.2 Å². The molecule has 0 saturated carbocycles. The van der Waals surface area contributed by atoms with Gasteiger partial charge in [0.15, 0.2) is 0 Å². The van der Waals surface area contributed by atoms with Gasteiger partial charge >= 0.3 is 0 Å². The van der Waals surface area contributed by atoms with Crippen LogP contribution in [0.1, 0.15) is 41.4 Å². The van der Waals surface area contributed by atoms with Crippen molar-refractivity contribution in [3.63, 3.8) is 0 Å². The third kappa shape index (κ3) is 2.84. The Morgan fingerprint density at radius 2 is 0.929 bits per heavy atom. The minimum Gasteiger partial charge on any atom is -0.272 e. The minimum absolute atomic E-state index is 0.0827. The largest absolute Gasteiger partial charge is 0.272 e. The van der Waals surface area contributed by atoms with Gasteiger partial charge in [0.05, 0.1) is 22.3 Å². The smallest absolute Gasteiger partial charge is 0.262 e. The van der Waals surface area contributed by atoms with E-state index in [0.717, 1.165) is 9.80 Å². The number of benzene rings is 2. The molecule has 0 spiro atoms. The van der Waals surface area contributed by atoms with E-state index in [1.807, 2.05) is 0 Å². The second kappa shape index (κ2) is 7.16. The SMILES string of the molecule is O=C1c2ccc(Br)c(Br)c2C(=O)N1CCN1C(=O)c2ccc(Br)c(Br)c2C1=O. The van der Waals surface area contributed by atoms with Crippen LogP contribution >= 0.6 is 63.7 Å². The molecule has 0 fully saturated rings. The number of nitrogens with zero attached hydrogens (tertiary/aromatic N) is 2. The first-order valence-electron chi connectivity index (χ1n) is 7.92. The van der Waals surface area contributed by atoms with Gasteiger partial charge in [-0.05, 0) is 88.0 Å². The lowest BCUT2D eigenvalue weighted by atomic mass is 10.1. The van der Waals surface area contributed by atoms with Crippen LogP contribution in [-0.2, 0) is 0 Å². The average Bonchev–Trinajstić information content (AvgIpc) is 3.05. The molecule has 10 heteroatoms. The summed E-state index contributed by atoms with van der Waals surface area (Å²) in [6.45, 7) is -0.165. The number of rotatable bonds is 3. The molecule has 0 atom stereocenters. The highest BCUT2D eigenvalue weighted by Crippen LogP contribution is 2.36. The quantitative estimate of drug-likeness (QED) is 0.462. The second-order valence-electron chi connectivity index (χ2n) is 6.09. The molecule has 2 heterocycles. The third-order valence-electron chi connectivity index (χ3n) is 4.61. The first-order chi connectivity index (χ1) is 13.2. The van der Waals surface area contributed by atoms with E-state index in [-0.39, 0.29) is 35.3 Å². The van der Waals surface area contributed by atoms with Crippen LogP contribution in [-0.4, -0.2) is 46.5 Å². The van der Waals surface area contributed by atoms with Gasteiger partial charge in [0.1, 0.15) is 0 Å². The zero-order valence-electron chi connectivity index (χ0n) is 13.8. The lowest BCUT2D eigenvalue weighted by Gasteiger charge is -2.19. The van der Waals surface area contributed by atoms with Gasteiger partial charge in [-0.25, -0.2) is 0 Å². The molecule has 2 aromatic carbocycles. The summed E-state index contributed by atoms with van der Waals surface area (Å²) in [6, 6.07) is 6.50. The number of halogens is 4. The summed E-state index contributed by atoms with van der Waals surface area (Å²) in [7, 11) is 0. The van der Waals surface area contributed by atoms with Gasteiger partial charge in [-0.15, -0.1) is 0 Å². The monoisotopic (exact) mass is 632 g/mol. The maximum atomic E-state index is 12.7. The Bertz CT molecular complexity index is 1030. The molecule has 2 aliphatic rings. The molecular weight excluding hydrogens is 628 g/mol. The van der Waals surface area contributed by atoms with Gasteiger partial charge in [0.2, 0.25) is 0 Å². The predicted octanol–water partition coefficient (Wildman–Crippen LogP) is 4.63. The summed E-state index contributed by atoms with van der Waals surface area (Å²) in [5, 5.41) is 0. The lowest BCUT2D eigenvalue weighted by molar-refractivity contribution is 0.0560. The van der Waals surface area contributed by atoms with Crippen LogP contribution in [0.3, 0.4) is 0 Å². The molecule has 4 rings (SSSR count). The number of carbonyl (C=O) groups excluding carboxylic acids is 4. The maximum Gasteiger partial charge on any atom is 0.262 e. The summed E-state index contributed by atoms with van der Waals surface area (Å²) in [5.74, 6) is -1.83. The molecule has 142 valence electrons. The molecule has 0 bridgehead atoms. The molecule has 0 saturated heterocycles. The van der Waals surface area contributed by atoms with Gasteiger partial charge in [-0.1, -0.05) is 0 Å². The summed E-state index contributed by atoms with van der Waals surface area (Å²) < 4.78 is 2.32. The normalized spacial score (nSPS) is 15.6. The standard InChI is InChI=1S/C18H8Br4N2O4/c19-9-3-1-7-11(13(9)21)17(27)23(15(7)25)5-6-24-16(26)8-2-4-10(20)14(22)12(8)18(24)28/h1-4H,5-6H2. The molecule has 0 aromatic heterocycles. The fraction of sp³-hybridized carbons (Fsp3) is 0.111. The molecule has 4 amide bonds. The number of amides is 4. The molecule has 6 nitrogen and oxygen atoms in total. The second-order valence-corrected chi connectivity index (χ2v) is 9.39. The molecular formula is C18H8Br4N2O4. The Kier molecular flexibility index (Phi) is 5.09. The minimum atomic E-state index is -0.464. The number of fused-ring (bicyclic) bond motifs is 2. The highest BCUT2D eigenvalue weighted by atomic mass is 79.9. The van der Waals surface area contributed by atoms with Crippen molar-refractivity contribution in [2.75, 3.05) is 13.1 Å². The molecule has 0 unspecified atom stereocenters. The average molecular weight is 636 g/mol. The Morgan fingerprint density at radius 1 is 0.571 bits per heavy atom. The summed E-state index contributed by atoms with van der Waals surface area (Å²) in [6.07, 6.45) is 0. The fourth-order valence-electron chi connectivity index (χ4n) is 3.23. The first kappa shape index (κ1) is 19.9. The summed E-state index contributed by atoms with van der Waals surface area (Å²) >= 11 is 13.3. The Morgan fingerprint density at radius 3 is 1.29 bits per heavy atom. The Hall–Kier alpha value is -1.36. The topological polar surface area (TPSA) is 74.8 Å². The van der Waals surface area contributed by atoms with Crippen LogP contribution in [0.25, 0.3) is 0 Å². The fourth-order valence-corrected chi connectivity index (χ4v) is 4.92. The molecule has 28 heavy (non-hydrogen) atoms. The van der Waals surface area contributed by atoms with Crippen molar-refractivity contribution in [3.05, 3.63) is 64.4 Å². The zero-order chi connectivity index (χ0) is 20.3. The van der Waals surface area contributed by atoms with E-state index in [2.05, 4.69) is 63.7 Å². The summed E-state index contributed by atoms with van der Waals surface area (Å²) in [4.78, 5) is 52.8. The van der Waals surface area contributed by atoms with E-state index < -0.39 is 23.6 Å². The first-order valence-corrected chi connectivity index (χ1v) is 11.1. The van der Waals surface area contributed by atoms with Gasteiger partial charge in [-0.2, -0.15) is 0 Å². The van der Waals surface area contributed by atoms with E-state index in [0.29, 0.717) is 17.9 Å². The number of imide groups is 2. The van der Waals surface area contributed by atoms with Gasteiger partial charge in [0.25, 0.3) is 23.6 Å². The van der Waals surface area contributed by atoms with Crippen LogP contribution in [0.2, 0.25) is 0 Å². The lowest BCUT2D eigenvalue weighted by Crippen LogP contribution is -2.40. The van der Waals surface area contributed by atoms with Crippen molar-refractivity contribution in [1.82, 2.24) is 9.80 Å². The van der Waals surface area contributed by atoms with Gasteiger partial charge < -0.3 is 0 Å². The predicted molar refractivity (Wildman–Crippen MR) is 114 cm³/mol. The number of hydrogen-bond acceptors (Lipinski definition) is 4. The number of hydrogen-bond donors (Lipinski definition) is 0. The zero-order valence-corrected chi connectivity index (χ0v) is 20.1. The van der Waals surface area contributed by atoms with Crippen LogP contribution < -0.4 is 0 Å². The van der Waals surface area contributed by atoms with Crippen molar-refractivity contribution in [1.29, 1.82) is 0 Å². The molecule has 0 aliphatic carbocycles.